The Balaban J connectivity index is 1.41. The third-order valence-corrected chi connectivity index (χ3v) is 5.65. The normalized spacial score (nSPS) is 28.4. The first-order valence-electron chi connectivity index (χ1n) is 7.69. The molecule has 2 unspecified atom stereocenters. The highest BCUT2D eigenvalue weighted by Crippen LogP contribution is 2.69. The SMILES string of the molecule is O=C(NCC1CCC2(C1)CC2(F)F)c1c[nH]c2ncc(Br)cc12. The number of aromatic nitrogens is 2. The molecule has 0 bridgehead atoms. The lowest BCUT2D eigenvalue weighted by molar-refractivity contribution is 0.0644. The van der Waals surface area contributed by atoms with Gasteiger partial charge >= 0.3 is 0 Å². The van der Waals surface area contributed by atoms with Crippen LogP contribution in [-0.2, 0) is 0 Å². The smallest absolute Gasteiger partial charge is 0.254 e. The molecular weight excluding hydrogens is 368 g/mol. The number of hydrogen-bond donors (Lipinski definition) is 2. The number of alkyl halides is 2. The molecule has 0 aromatic carbocycles. The number of carbonyl (C=O) groups is 1. The van der Waals surface area contributed by atoms with Crippen molar-refractivity contribution in [3.63, 3.8) is 0 Å². The maximum atomic E-state index is 13.4. The van der Waals surface area contributed by atoms with Gasteiger partial charge in [0.05, 0.1) is 5.56 Å². The van der Waals surface area contributed by atoms with Crippen LogP contribution in [-0.4, -0.2) is 28.3 Å². The molecule has 23 heavy (non-hydrogen) atoms. The molecule has 2 fully saturated rings. The minimum Gasteiger partial charge on any atom is -0.352 e. The van der Waals surface area contributed by atoms with E-state index in [4.69, 9.17) is 0 Å². The first-order valence-corrected chi connectivity index (χ1v) is 8.48. The predicted molar refractivity (Wildman–Crippen MR) is 85.5 cm³/mol. The van der Waals surface area contributed by atoms with Crippen LogP contribution in [0.25, 0.3) is 11.0 Å². The molecule has 0 radical (unpaired) electrons. The van der Waals surface area contributed by atoms with E-state index in [1.807, 2.05) is 6.07 Å². The second-order valence-corrected chi connectivity index (χ2v) is 7.65. The molecule has 4 nitrogen and oxygen atoms in total. The molecule has 2 heterocycles. The number of nitrogens with zero attached hydrogens (tertiary/aromatic N) is 1. The molecule has 0 saturated heterocycles. The van der Waals surface area contributed by atoms with Gasteiger partial charge in [-0.3, -0.25) is 4.79 Å². The molecule has 4 rings (SSSR count). The third-order valence-electron chi connectivity index (χ3n) is 5.22. The summed E-state index contributed by atoms with van der Waals surface area (Å²) in [5, 5.41) is 3.63. The van der Waals surface area contributed by atoms with Gasteiger partial charge in [-0.1, -0.05) is 0 Å². The Labute approximate surface area is 140 Å². The highest BCUT2D eigenvalue weighted by atomic mass is 79.9. The number of nitrogens with one attached hydrogen (secondary N) is 2. The minimum absolute atomic E-state index is 0.0204. The Bertz CT molecular complexity index is 791. The Morgan fingerprint density at radius 2 is 2.30 bits per heavy atom. The summed E-state index contributed by atoms with van der Waals surface area (Å²) in [6, 6.07) is 1.84. The summed E-state index contributed by atoms with van der Waals surface area (Å²) in [4.78, 5) is 19.5. The van der Waals surface area contributed by atoms with Crippen molar-refractivity contribution in [2.24, 2.45) is 11.3 Å². The van der Waals surface area contributed by atoms with Gasteiger partial charge in [0, 0.05) is 40.6 Å². The summed E-state index contributed by atoms with van der Waals surface area (Å²) in [5.41, 5.74) is 0.409. The summed E-state index contributed by atoms with van der Waals surface area (Å²) in [7, 11) is 0. The molecule has 2 aliphatic carbocycles. The molecular formula is C16H16BrF2N3O. The standard InChI is InChI=1S/C16H16BrF2N3O/c17-10-3-11-12(7-21-13(11)20-6-10)14(23)22-5-9-1-2-15(4-9)8-16(15,18)19/h3,6-7,9H,1-2,4-5,8H2,(H,20,21)(H,22,23). The largest absolute Gasteiger partial charge is 0.352 e. The summed E-state index contributed by atoms with van der Waals surface area (Å²) in [6.45, 7) is 0.449. The number of H-pyrrole nitrogens is 1. The van der Waals surface area contributed by atoms with E-state index in [1.54, 1.807) is 12.4 Å². The van der Waals surface area contributed by atoms with Crippen LogP contribution in [0.1, 0.15) is 36.0 Å². The third kappa shape index (κ3) is 2.45. The van der Waals surface area contributed by atoms with E-state index in [-0.39, 0.29) is 18.2 Å². The number of pyridine rings is 1. The molecule has 1 amide bonds. The number of fused-ring (bicyclic) bond motifs is 1. The first-order chi connectivity index (χ1) is 10.9. The second kappa shape index (κ2) is 5.00. The maximum absolute atomic E-state index is 13.4. The number of rotatable bonds is 3. The summed E-state index contributed by atoms with van der Waals surface area (Å²) < 4.78 is 27.6. The molecule has 2 aromatic heterocycles. The predicted octanol–water partition coefficient (Wildman–Crippen LogP) is 3.88. The molecule has 2 saturated carbocycles. The second-order valence-electron chi connectivity index (χ2n) is 6.73. The van der Waals surface area contributed by atoms with Crippen molar-refractivity contribution in [2.45, 2.75) is 31.6 Å². The molecule has 7 heteroatoms. The van der Waals surface area contributed by atoms with Crippen LogP contribution >= 0.6 is 15.9 Å². The van der Waals surface area contributed by atoms with E-state index in [0.717, 1.165) is 16.3 Å². The van der Waals surface area contributed by atoms with Gasteiger partial charge in [-0.15, -0.1) is 0 Å². The average molecular weight is 384 g/mol. The zero-order valence-electron chi connectivity index (χ0n) is 12.3. The highest BCUT2D eigenvalue weighted by Gasteiger charge is 2.72. The van der Waals surface area contributed by atoms with Gasteiger partial charge in [-0.05, 0) is 47.2 Å². The molecule has 2 N–H and O–H groups in total. The van der Waals surface area contributed by atoms with Crippen LogP contribution in [0.2, 0.25) is 0 Å². The zero-order valence-corrected chi connectivity index (χ0v) is 13.9. The average Bonchev–Trinajstić information content (AvgIpc) is 2.89. The van der Waals surface area contributed by atoms with Crippen LogP contribution in [0.15, 0.2) is 22.9 Å². The van der Waals surface area contributed by atoms with Gasteiger partial charge in [0.1, 0.15) is 5.65 Å². The van der Waals surface area contributed by atoms with Crippen LogP contribution < -0.4 is 5.32 Å². The van der Waals surface area contributed by atoms with Crippen molar-refractivity contribution in [1.29, 1.82) is 0 Å². The summed E-state index contributed by atoms with van der Waals surface area (Å²) in [5.74, 6) is -2.54. The van der Waals surface area contributed by atoms with Gasteiger partial charge < -0.3 is 10.3 Å². The number of carbonyl (C=O) groups excluding carboxylic acids is 1. The molecule has 1 spiro atoms. The Hall–Kier alpha value is -1.50. The van der Waals surface area contributed by atoms with Crippen molar-refractivity contribution in [3.8, 4) is 0 Å². The molecule has 122 valence electrons. The van der Waals surface area contributed by atoms with Crippen molar-refractivity contribution < 1.29 is 13.6 Å². The van der Waals surface area contributed by atoms with Crippen molar-refractivity contribution in [3.05, 3.63) is 28.5 Å². The van der Waals surface area contributed by atoms with Gasteiger partial charge in [0.2, 0.25) is 0 Å². The summed E-state index contributed by atoms with van der Waals surface area (Å²) in [6.07, 6.45) is 5.16. The number of amides is 1. The lowest BCUT2D eigenvalue weighted by Gasteiger charge is -2.12. The van der Waals surface area contributed by atoms with Gasteiger partial charge in [0.15, 0.2) is 0 Å². The van der Waals surface area contributed by atoms with E-state index in [9.17, 15) is 13.6 Å². The molecule has 2 aromatic rings. The van der Waals surface area contributed by atoms with Crippen molar-refractivity contribution >= 4 is 32.9 Å². The van der Waals surface area contributed by atoms with Crippen LogP contribution in [0.4, 0.5) is 8.78 Å². The Morgan fingerprint density at radius 3 is 3.00 bits per heavy atom. The van der Waals surface area contributed by atoms with E-state index in [1.165, 1.54) is 0 Å². The topological polar surface area (TPSA) is 57.8 Å². The lowest BCUT2D eigenvalue weighted by Crippen LogP contribution is -2.28. The molecule has 2 aliphatic rings. The first kappa shape index (κ1) is 15.1. The lowest BCUT2D eigenvalue weighted by atomic mass is 10.0. The van der Waals surface area contributed by atoms with Gasteiger partial charge in [0.25, 0.3) is 11.8 Å². The van der Waals surface area contributed by atoms with E-state index in [2.05, 4.69) is 31.2 Å². The fourth-order valence-electron chi connectivity index (χ4n) is 3.78. The van der Waals surface area contributed by atoms with E-state index < -0.39 is 11.3 Å². The van der Waals surface area contributed by atoms with Crippen LogP contribution in [0.5, 0.6) is 0 Å². The molecule has 2 atom stereocenters. The van der Waals surface area contributed by atoms with Crippen LogP contribution in [0.3, 0.4) is 0 Å². The summed E-state index contributed by atoms with van der Waals surface area (Å²) >= 11 is 3.34. The fraction of sp³-hybridized carbons (Fsp3) is 0.500. The zero-order chi connectivity index (χ0) is 16.2. The minimum atomic E-state index is -2.49. The van der Waals surface area contributed by atoms with Crippen LogP contribution in [0, 0.1) is 11.3 Å². The highest BCUT2D eigenvalue weighted by molar-refractivity contribution is 9.10. The van der Waals surface area contributed by atoms with E-state index >= 15 is 0 Å². The monoisotopic (exact) mass is 383 g/mol. The number of hydrogen-bond acceptors (Lipinski definition) is 2. The Kier molecular flexibility index (Phi) is 3.27. The fourth-order valence-corrected chi connectivity index (χ4v) is 4.11. The van der Waals surface area contributed by atoms with Crippen molar-refractivity contribution in [1.82, 2.24) is 15.3 Å². The number of aromatic amines is 1. The van der Waals surface area contributed by atoms with Crippen molar-refractivity contribution in [2.75, 3.05) is 6.54 Å². The Morgan fingerprint density at radius 1 is 1.52 bits per heavy atom. The quantitative estimate of drug-likeness (QED) is 0.844. The van der Waals surface area contributed by atoms with E-state index in [0.29, 0.717) is 30.6 Å². The number of halogens is 3. The van der Waals surface area contributed by atoms with Gasteiger partial charge in [-0.2, -0.15) is 0 Å². The van der Waals surface area contributed by atoms with Gasteiger partial charge in [-0.25, -0.2) is 13.8 Å². The molecule has 0 aliphatic heterocycles. The maximum Gasteiger partial charge on any atom is 0.254 e.